The zero-order valence-corrected chi connectivity index (χ0v) is 13.9. The van der Waals surface area contributed by atoms with Gasteiger partial charge in [0.15, 0.2) is 0 Å². The molecule has 0 amide bonds. The number of benzene rings is 2. The van der Waals surface area contributed by atoms with Crippen molar-refractivity contribution in [2.75, 3.05) is 0 Å². The number of hydrazine groups is 1. The maximum atomic E-state index is 13.1. The van der Waals surface area contributed by atoms with E-state index in [4.69, 9.17) is 5.84 Å². The van der Waals surface area contributed by atoms with E-state index < -0.39 is 0 Å². The molecule has 3 N–H and O–H groups in total. The molecule has 0 saturated heterocycles. The van der Waals surface area contributed by atoms with Gasteiger partial charge in [0.1, 0.15) is 5.82 Å². The molecule has 0 bridgehead atoms. The van der Waals surface area contributed by atoms with Gasteiger partial charge < -0.3 is 0 Å². The van der Waals surface area contributed by atoms with Gasteiger partial charge in [0, 0.05) is 15.0 Å². The molecule has 20 heavy (non-hydrogen) atoms. The maximum absolute atomic E-state index is 13.1. The predicted molar refractivity (Wildman–Crippen MR) is 86.8 cm³/mol. The van der Waals surface area contributed by atoms with Crippen molar-refractivity contribution in [3.8, 4) is 0 Å². The highest BCUT2D eigenvalue weighted by molar-refractivity contribution is 9.10. The molecule has 0 aliphatic carbocycles. The van der Waals surface area contributed by atoms with Crippen LogP contribution in [0, 0.1) is 5.82 Å². The summed E-state index contributed by atoms with van der Waals surface area (Å²) in [6.07, 6.45) is 1.53. The summed E-state index contributed by atoms with van der Waals surface area (Å²) in [5, 5.41) is 0. The Bertz CT molecular complexity index is 590. The van der Waals surface area contributed by atoms with E-state index in [1.165, 1.54) is 17.7 Å². The van der Waals surface area contributed by atoms with Crippen LogP contribution in [0.1, 0.15) is 11.1 Å². The molecular formula is C15H15Br2FN2. The zero-order valence-electron chi connectivity index (χ0n) is 10.7. The van der Waals surface area contributed by atoms with E-state index in [-0.39, 0.29) is 11.9 Å². The molecular weight excluding hydrogens is 387 g/mol. The number of nitrogens with two attached hydrogens (primary N) is 1. The lowest BCUT2D eigenvalue weighted by molar-refractivity contribution is 0.521. The summed E-state index contributed by atoms with van der Waals surface area (Å²) in [7, 11) is 0. The average Bonchev–Trinajstić information content (AvgIpc) is 2.41. The van der Waals surface area contributed by atoms with Crippen LogP contribution in [0.4, 0.5) is 4.39 Å². The van der Waals surface area contributed by atoms with Crippen molar-refractivity contribution in [2.24, 2.45) is 5.84 Å². The smallest absolute Gasteiger partial charge is 0.124 e. The third kappa shape index (κ3) is 4.38. The normalized spacial score (nSPS) is 12.4. The fraction of sp³-hybridized carbons (Fsp3) is 0.200. The molecule has 1 unspecified atom stereocenters. The number of nitrogens with one attached hydrogen (secondary N) is 1. The summed E-state index contributed by atoms with van der Waals surface area (Å²) in [6.45, 7) is 0. The van der Waals surface area contributed by atoms with Crippen LogP contribution >= 0.6 is 31.9 Å². The first-order valence-corrected chi connectivity index (χ1v) is 7.81. The van der Waals surface area contributed by atoms with Crippen LogP contribution in [0.5, 0.6) is 0 Å². The molecule has 0 aliphatic heterocycles. The van der Waals surface area contributed by atoms with Crippen LogP contribution in [0.3, 0.4) is 0 Å². The van der Waals surface area contributed by atoms with E-state index in [1.54, 1.807) is 6.07 Å². The second-order valence-electron chi connectivity index (χ2n) is 4.64. The highest BCUT2D eigenvalue weighted by Gasteiger charge is 2.11. The van der Waals surface area contributed by atoms with Crippen LogP contribution in [0.15, 0.2) is 51.4 Å². The maximum Gasteiger partial charge on any atom is 0.124 e. The Morgan fingerprint density at radius 3 is 2.55 bits per heavy atom. The van der Waals surface area contributed by atoms with Crippen molar-refractivity contribution in [3.05, 3.63) is 68.4 Å². The van der Waals surface area contributed by atoms with E-state index in [0.29, 0.717) is 0 Å². The fourth-order valence-electron chi connectivity index (χ4n) is 2.09. The molecule has 0 spiro atoms. The molecule has 0 saturated carbocycles. The van der Waals surface area contributed by atoms with Gasteiger partial charge in [-0.3, -0.25) is 11.3 Å². The van der Waals surface area contributed by atoms with Crippen molar-refractivity contribution in [2.45, 2.75) is 18.9 Å². The summed E-state index contributed by atoms with van der Waals surface area (Å²) in [5.41, 5.74) is 5.06. The van der Waals surface area contributed by atoms with Crippen LogP contribution in [0.25, 0.3) is 0 Å². The number of halogens is 3. The van der Waals surface area contributed by atoms with Gasteiger partial charge >= 0.3 is 0 Å². The van der Waals surface area contributed by atoms with Gasteiger partial charge in [-0.15, -0.1) is 0 Å². The highest BCUT2D eigenvalue weighted by Crippen LogP contribution is 2.21. The van der Waals surface area contributed by atoms with Gasteiger partial charge in [0.05, 0.1) is 0 Å². The molecule has 0 fully saturated rings. The number of hydrogen-bond donors (Lipinski definition) is 2. The molecule has 1 atom stereocenters. The lowest BCUT2D eigenvalue weighted by Gasteiger charge is -2.17. The third-order valence-electron chi connectivity index (χ3n) is 3.09. The van der Waals surface area contributed by atoms with E-state index in [0.717, 1.165) is 27.4 Å². The lowest BCUT2D eigenvalue weighted by Crippen LogP contribution is -2.38. The molecule has 0 heterocycles. The SMILES string of the molecule is NNC(Cc1cccc(Br)c1)Cc1ccc(F)cc1Br. The first kappa shape index (κ1) is 15.6. The Labute approximate surface area is 134 Å². The molecule has 2 aromatic rings. The Balaban J connectivity index is 2.09. The van der Waals surface area contributed by atoms with Gasteiger partial charge in [0.2, 0.25) is 0 Å². The van der Waals surface area contributed by atoms with Gasteiger partial charge in [-0.05, 0) is 48.2 Å². The van der Waals surface area contributed by atoms with Gasteiger partial charge in [-0.1, -0.05) is 50.1 Å². The first-order valence-electron chi connectivity index (χ1n) is 6.23. The van der Waals surface area contributed by atoms with E-state index in [9.17, 15) is 4.39 Å². The van der Waals surface area contributed by atoms with E-state index in [2.05, 4.69) is 49.4 Å². The second kappa shape index (κ2) is 7.31. The van der Waals surface area contributed by atoms with Gasteiger partial charge in [0.25, 0.3) is 0 Å². The summed E-state index contributed by atoms with van der Waals surface area (Å²) in [4.78, 5) is 0. The van der Waals surface area contributed by atoms with Crippen molar-refractivity contribution >= 4 is 31.9 Å². The standard InChI is InChI=1S/C15H15Br2FN2/c16-12-3-1-2-10(6-12)7-14(20-19)8-11-4-5-13(18)9-15(11)17/h1-6,9,14,20H,7-8,19H2. The lowest BCUT2D eigenvalue weighted by atomic mass is 9.99. The first-order chi connectivity index (χ1) is 9.58. The fourth-order valence-corrected chi connectivity index (χ4v) is 3.05. The molecule has 5 heteroatoms. The van der Waals surface area contributed by atoms with Crippen LogP contribution in [-0.2, 0) is 12.8 Å². The summed E-state index contributed by atoms with van der Waals surface area (Å²) in [5.74, 6) is 5.39. The molecule has 0 aromatic heterocycles. The van der Waals surface area contributed by atoms with E-state index in [1.807, 2.05) is 12.1 Å². The minimum Gasteiger partial charge on any atom is -0.271 e. The van der Waals surface area contributed by atoms with Crippen molar-refractivity contribution in [1.29, 1.82) is 0 Å². The third-order valence-corrected chi connectivity index (χ3v) is 4.32. The number of rotatable bonds is 5. The molecule has 2 nitrogen and oxygen atoms in total. The summed E-state index contributed by atoms with van der Waals surface area (Å²) < 4.78 is 14.9. The van der Waals surface area contributed by atoms with E-state index >= 15 is 0 Å². The Kier molecular flexibility index (Phi) is 5.72. The van der Waals surface area contributed by atoms with Crippen molar-refractivity contribution < 1.29 is 4.39 Å². The molecule has 0 aliphatic rings. The molecule has 106 valence electrons. The highest BCUT2D eigenvalue weighted by atomic mass is 79.9. The van der Waals surface area contributed by atoms with Crippen LogP contribution in [-0.4, -0.2) is 6.04 Å². The van der Waals surface area contributed by atoms with Crippen molar-refractivity contribution in [3.63, 3.8) is 0 Å². The second-order valence-corrected chi connectivity index (χ2v) is 6.41. The minimum absolute atomic E-state index is 0.0889. The van der Waals surface area contributed by atoms with Crippen LogP contribution < -0.4 is 11.3 Å². The number of hydrogen-bond acceptors (Lipinski definition) is 2. The predicted octanol–water partition coefficient (Wildman–Crippen LogP) is 3.97. The molecule has 2 rings (SSSR count). The Morgan fingerprint density at radius 1 is 1.10 bits per heavy atom. The Hall–Kier alpha value is -0.750. The van der Waals surface area contributed by atoms with Gasteiger partial charge in [-0.2, -0.15) is 0 Å². The zero-order chi connectivity index (χ0) is 14.5. The molecule has 2 aromatic carbocycles. The monoisotopic (exact) mass is 400 g/mol. The minimum atomic E-state index is -0.245. The summed E-state index contributed by atoms with van der Waals surface area (Å²) >= 11 is 6.85. The average molecular weight is 402 g/mol. The summed E-state index contributed by atoms with van der Waals surface area (Å²) in [6, 6.07) is 12.9. The van der Waals surface area contributed by atoms with Crippen LogP contribution in [0.2, 0.25) is 0 Å². The largest absolute Gasteiger partial charge is 0.271 e. The molecule has 0 radical (unpaired) electrons. The topological polar surface area (TPSA) is 38.0 Å². The Morgan fingerprint density at radius 2 is 1.90 bits per heavy atom. The van der Waals surface area contributed by atoms with Gasteiger partial charge in [-0.25, -0.2) is 4.39 Å². The quantitative estimate of drug-likeness (QED) is 0.587. The van der Waals surface area contributed by atoms with Crippen molar-refractivity contribution in [1.82, 2.24) is 5.43 Å².